The van der Waals surface area contributed by atoms with Gasteiger partial charge >= 0.3 is 842 Å². The molecule has 0 radical (unpaired) electrons. The molecule has 14 aliphatic rings. The molecule has 20 aromatic rings. The molecule has 0 aliphatic carbocycles. The minimum absolute atomic E-state index is 0.0496. The Labute approximate surface area is 834 Å². The number of anilines is 18. The second-order valence-electron chi connectivity index (χ2n) is 40.7. The number of para-hydroxylation sites is 8. The van der Waals surface area contributed by atoms with Crippen LogP contribution in [-0.4, -0.2) is 97.2 Å². The number of benzene rings is 20. The van der Waals surface area contributed by atoms with E-state index < -0.39 is 43.5 Å². The Morgan fingerprint density at radius 2 is 0.421 bits per heavy atom. The zero-order valence-corrected chi connectivity index (χ0v) is 84.4. The molecule has 0 amide bonds. The Kier molecular flexibility index (Phi) is 16.0. The first-order chi connectivity index (χ1) is 69.3. The molecular formula is C124H80B8Bi2N6. The zero-order valence-electron chi connectivity index (χ0n) is 77.5. The van der Waals surface area contributed by atoms with Gasteiger partial charge in [0.1, 0.15) is 0 Å². The van der Waals surface area contributed by atoms with Crippen LogP contribution in [0.5, 0.6) is 0 Å². The van der Waals surface area contributed by atoms with E-state index in [4.69, 9.17) is 0 Å². The quantitative estimate of drug-likeness (QED) is 0.167. The molecule has 20 aromatic carbocycles. The third kappa shape index (κ3) is 9.86. The van der Waals surface area contributed by atoms with Crippen LogP contribution in [-0.2, 0) is 0 Å². The number of hydrogen-bond donors (Lipinski definition) is 0. The Hall–Kier alpha value is -14.5. The number of fused-ring (bicyclic) bond motifs is 22. The summed E-state index contributed by atoms with van der Waals surface area (Å²) in [5.74, 6) is 0. The van der Waals surface area contributed by atoms with Gasteiger partial charge in [-0.2, -0.15) is 0 Å². The first-order valence-electron chi connectivity index (χ1n) is 49.8. The van der Waals surface area contributed by atoms with Gasteiger partial charge in [-0.05, 0) is 0 Å². The molecule has 0 spiro atoms. The normalized spacial score (nSPS) is 15.0. The van der Waals surface area contributed by atoms with Crippen molar-refractivity contribution < 1.29 is 0 Å². The van der Waals surface area contributed by atoms with Crippen molar-refractivity contribution in [2.24, 2.45) is 0 Å². The van der Waals surface area contributed by atoms with Crippen LogP contribution in [0, 0.1) is 27.7 Å². The summed E-state index contributed by atoms with van der Waals surface area (Å²) in [5, 5.41) is 0. The average molecular weight is 2160 g/mol. The van der Waals surface area contributed by atoms with Gasteiger partial charge in [-0.3, -0.25) is 0 Å². The molecule has 6 nitrogen and oxygen atoms in total. The molecule has 0 aromatic heterocycles. The van der Waals surface area contributed by atoms with Gasteiger partial charge in [-0.1, -0.05) is 0 Å². The molecule has 0 N–H and O–H groups in total. The fraction of sp³-hybridized carbons (Fsp3) is 0.0323. The van der Waals surface area contributed by atoms with E-state index in [1.165, 1.54) is 256 Å². The van der Waals surface area contributed by atoms with Gasteiger partial charge in [0.2, 0.25) is 0 Å². The summed E-state index contributed by atoms with van der Waals surface area (Å²) in [6.45, 7) is 9.99. The standard InChI is InChI=1S/C70H47B6N2.C54H33B2N4.2Bi/c1-43-21-19-22-44(2)65(43)73-49-29-11-13-31-51(49)75-59-41-60-64(42-63(59)77-61-35-17-15-33-53(61)71(47-25-7-5-8-26-47)57-39-37-55(73)67(75)69(57)77)78-62-36-18-16-34-54(62)72(48-27-9-6-10-28-48)58-40-38-56-68(70(58)78)76(60)52-32-14-12-30-50(52)74(56)66-45(3)23-20-24-46(66)4;1-5-19-37(20-6-1)57-45-29-15-13-27-41(45)55-43-35-44-52(36-51(43)59(39-23-9-3-10-24-39)49-33-17-31-47(57)53(49)55)60(40-25-11-4-12-26-40)50-34-18-32-48-54(50)56(44)42-28-14-16-30-46(42)58(48)38-21-7-2-8-22-38;;/h5-34,37-41H,1-4H3;1-23,25,27-35H;;. The second kappa shape index (κ2) is 28.6. The SMILES string of the molecule is Cc1cccc(C)c1B1c2ccccc2B2c3cc4c5[c]6c3N3c7c(ccc[c]7[Bi]6[c]6cccc7c6N5c5c(ccc6c5B4c4ccccc4B6c4c(C)cccc4C)B7c4ccccc4)B(c4ccccc4)c4ccc1c2c43.c1ccc(N2c3ccccc3B3c4cc5c6[c]7c4N(c4cccc[c]4[Bi]7[c]4ccccc4N6c4cccc6c4B5c4ccccc4N6c4ccccc4)c4cccc2c43)cc1. The summed E-state index contributed by atoms with van der Waals surface area (Å²) in [7, 11) is 0. The van der Waals surface area contributed by atoms with Crippen molar-refractivity contribution in [3.05, 3.63) is 435 Å². The summed E-state index contributed by atoms with van der Waals surface area (Å²) in [6.07, 6.45) is 0. The Bertz CT molecular complexity index is 8510. The van der Waals surface area contributed by atoms with Crippen LogP contribution < -0.4 is 180 Å². The number of nitrogens with zero attached hydrogens (tertiary/aromatic N) is 6. The van der Waals surface area contributed by atoms with E-state index in [0.717, 1.165) is 0 Å². The van der Waals surface area contributed by atoms with Gasteiger partial charge in [0.05, 0.1) is 0 Å². The van der Waals surface area contributed by atoms with Crippen molar-refractivity contribution in [1.82, 2.24) is 0 Å². The van der Waals surface area contributed by atoms with Gasteiger partial charge in [0, 0.05) is 0 Å². The Morgan fingerprint density at radius 1 is 0.157 bits per heavy atom. The maximum atomic E-state index is 2.91. The molecular weight excluding hydrogens is 2080 g/mol. The molecule has 0 bridgehead atoms. The zero-order chi connectivity index (χ0) is 91.3. The summed E-state index contributed by atoms with van der Waals surface area (Å²) in [5.41, 5.74) is 64.4. The number of hydrogen-bond acceptors (Lipinski definition) is 6. The molecule has 16 heteroatoms. The van der Waals surface area contributed by atoms with Crippen molar-refractivity contribution in [2.75, 3.05) is 29.4 Å². The minimum atomic E-state index is -3.35. The molecule has 640 valence electrons. The number of rotatable bonds is 6. The molecule has 0 fully saturated rings. The third-order valence-electron chi connectivity index (χ3n) is 34.2. The van der Waals surface area contributed by atoms with Crippen molar-refractivity contribution in [3.8, 4) is 0 Å². The molecule has 140 heavy (non-hydrogen) atoms. The van der Waals surface area contributed by atoms with Crippen LogP contribution in [0.25, 0.3) is 0 Å². The van der Waals surface area contributed by atoms with Crippen LogP contribution >= 0.6 is 0 Å². The van der Waals surface area contributed by atoms with Crippen LogP contribution in [0.1, 0.15) is 22.3 Å². The molecule has 0 saturated carbocycles. The number of aryl methyl sites for hydroxylation is 4. The summed E-state index contributed by atoms with van der Waals surface area (Å²) >= 11 is -6.37. The molecule has 14 heterocycles. The first kappa shape index (κ1) is 78.4. The Balaban J connectivity index is 0.000000128. The molecule has 0 unspecified atom stereocenters. The fourth-order valence-corrected chi connectivity index (χ4v) is 52.2. The third-order valence-corrected chi connectivity index (χ3v) is 54.2. The van der Waals surface area contributed by atoms with E-state index in [1.807, 2.05) is 0 Å². The molecule has 0 atom stereocenters. The van der Waals surface area contributed by atoms with Crippen LogP contribution in [0.4, 0.5) is 102 Å². The van der Waals surface area contributed by atoms with Crippen molar-refractivity contribution >= 4 is 350 Å². The predicted molar refractivity (Wildman–Crippen MR) is 605 cm³/mol. The van der Waals surface area contributed by atoms with Gasteiger partial charge in [-0.25, -0.2) is 0 Å². The van der Waals surface area contributed by atoms with Crippen LogP contribution in [0.2, 0.25) is 0 Å². The summed E-state index contributed by atoms with van der Waals surface area (Å²) in [6, 6.07) is 160. The monoisotopic (exact) mass is 2160 g/mol. The summed E-state index contributed by atoms with van der Waals surface area (Å²) < 4.78 is 9.67. The summed E-state index contributed by atoms with van der Waals surface area (Å²) in [4.78, 5) is 16.2. The van der Waals surface area contributed by atoms with Crippen molar-refractivity contribution in [3.63, 3.8) is 0 Å². The van der Waals surface area contributed by atoms with E-state index in [0.29, 0.717) is 0 Å². The van der Waals surface area contributed by atoms with E-state index in [-0.39, 0.29) is 53.7 Å². The van der Waals surface area contributed by atoms with Crippen LogP contribution in [0.3, 0.4) is 0 Å². The fourth-order valence-electron chi connectivity index (χ4n) is 29.4. The first-order valence-corrected chi connectivity index (χ1v) is 60.3. The van der Waals surface area contributed by atoms with Gasteiger partial charge < -0.3 is 0 Å². The van der Waals surface area contributed by atoms with Gasteiger partial charge in [-0.15, -0.1) is 0 Å². The second-order valence-corrected chi connectivity index (χ2v) is 56.9. The molecule has 0 saturated heterocycles. The van der Waals surface area contributed by atoms with Crippen molar-refractivity contribution in [1.29, 1.82) is 0 Å². The van der Waals surface area contributed by atoms with Gasteiger partial charge in [0.15, 0.2) is 0 Å². The van der Waals surface area contributed by atoms with E-state index >= 15 is 0 Å². The van der Waals surface area contributed by atoms with Crippen molar-refractivity contribution in [2.45, 2.75) is 27.7 Å². The molecule has 34 rings (SSSR count). The molecule has 14 aliphatic heterocycles. The Morgan fingerprint density at radius 3 is 0.814 bits per heavy atom. The maximum absolute atomic E-state index is 3.35. The topological polar surface area (TPSA) is 19.4 Å². The van der Waals surface area contributed by atoms with Crippen LogP contribution in [0.15, 0.2) is 413 Å². The van der Waals surface area contributed by atoms with Gasteiger partial charge in [0.25, 0.3) is 0 Å². The van der Waals surface area contributed by atoms with E-state index in [2.05, 4.69) is 470 Å². The predicted octanol–water partition coefficient (Wildman–Crippen LogP) is 6.98. The average Bonchev–Trinajstić information content (AvgIpc) is 0.644. The van der Waals surface area contributed by atoms with E-state index in [1.54, 1.807) is 19.6 Å². The van der Waals surface area contributed by atoms with E-state index in [9.17, 15) is 0 Å².